The van der Waals surface area contributed by atoms with Gasteiger partial charge in [0.15, 0.2) is 0 Å². The van der Waals surface area contributed by atoms with Crippen molar-refractivity contribution in [2.24, 2.45) is 0 Å². The number of nitrogens with zero attached hydrogens (tertiary/aromatic N) is 3. The van der Waals surface area contributed by atoms with Crippen molar-refractivity contribution in [1.82, 2.24) is 14.1 Å². The number of methoxy groups -OCH3 is 1. The van der Waals surface area contributed by atoms with Crippen LogP contribution in [-0.2, 0) is 13.1 Å². The Bertz CT molecular complexity index is 731. The van der Waals surface area contributed by atoms with Gasteiger partial charge in [0.2, 0.25) is 0 Å². The van der Waals surface area contributed by atoms with E-state index >= 15 is 0 Å². The molecule has 0 N–H and O–H groups in total. The molecular formula is C14H17N3O3. The van der Waals surface area contributed by atoms with Gasteiger partial charge in [-0.1, -0.05) is 0 Å². The number of aryl methyl sites for hydroxylation is 2. The van der Waals surface area contributed by atoms with Crippen LogP contribution in [0.25, 0.3) is 0 Å². The van der Waals surface area contributed by atoms with E-state index in [2.05, 4.69) is 4.98 Å². The highest BCUT2D eigenvalue weighted by atomic mass is 16.5. The van der Waals surface area contributed by atoms with Gasteiger partial charge in [0, 0.05) is 36.6 Å². The Kier molecular flexibility index (Phi) is 4.02. The molecule has 2 heterocycles. The molecule has 0 amide bonds. The molecule has 106 valence electrons. The SMILES string of the molecule is CCn1ccc(=O)n(Cc2cc(OC)cc(C)n2)c1=O. The van der Waals surface area contributed by atoms with Gasteiger partial charge in [0.05, 0.1) is 19.3 Å². The van der Waals surface area contributed by atoms with Gasteiger partial charge >= 0.3 is 5.69 Å². The van der Waals surface area contributed by atoms with Crippen LogP contribution >= 0.6 is 0 Å². The van der Waals surface area contributed by atoms with E-state index in [0.717, 1.165) is 5.69 Å². The standard InChI is InChI=1S/C14H17N3O3/c1-4-16-6-5-13(18)17(14(16)19)9-11-8-12(20-3)7-10(2)15-11/h5-8H,4,9H2,1-3H3. The first-order valence-electron chi connectivity index (χ1n) is 6.37. The first-order chi connectivity index (χ1) is 9.55. The minimum Gasteiger partial charge on any atom is -0.497 e. The van der Waals surface area contributed by atoms with Crippen molar-refractivity contribution in [2.75, 3.05) is 7.11 Å². The fraction of sp³-hybridized carbons (Fsp3) is 0.357. The highest BCUT2D eigenvalue weighted by molar-refractivity contribution is 5.26. The third kappa shape index (κ3) is 2.79. The topological polar surface area (TPSA) is 66.1 Å². The van der Waals surface area contributed by atoms with Crippen LogP contribution in [-0.4, -0.2) is 21.2 Å². The normalized spacial score (nSPS) is 10.6. The molecule has 2 aromatic rings. The quantitative estimate of drug-likeness (QED) is 0.827. The summed E-state index contributed by atoms with van der Waals surface area (Å²) in [5.41, 5.74) is 0.735. The lowest BCUT2D eigenvalue weighted by Crippen LogP contribution is -2.39. The van der Waals surface area contributed by atoms with Crippen molar-refractivity contribution in [2.45, 2.75) is 26.9 Å². The van der Waals surface area contributed by atoms with E-state index in [0.29, 0.717) is 18.0 Å². The predicted octanol–water partition coefficient (Wildman–Crippen LogP) is 0.790. The van der Waals surface area contributed by atoms with Crippen LogP contribution in [0.5, 0.6) is 5.75 Å². The zero-order valence-electron chi connectivity index (χ0n) is 11.8. The summed E-state index contributed by atoms with van der Waals surface area (Å²) in [6.45, 7) is 4.34. The number of rotatable bonds is 4. The summed E-state index contributed by atoms with van der Waals surface area (Å²) in [4.78, 5) is 28.3. The second kappa shape index (κ2) is 5.73. The zero-order chi connectivity index (χ0) is 14.7. The molecule has 0 aliphatic heterocycles. The maximum atomic E-state index is 12.1. The van der Waals surface area contributed by atoms with E-state index in [1.165, 1.54) is 21.4 Å². The van der Waals surface area contributed by atoms with Crippen LogP contribution in [0, 0.1) is 6.92 Å². The summed E-state index contributed by atoms with van der Waals surface area (Å²) in [6.07, 6.45) is 1.51. The molecule has 0 aliphatic rings. The molecule has 0 saturated carbocycles. The number of hydrogen-bond donors (Lipinski definition) is 0. The van der Waals surface area contributed by atoms with Gasteiger partial charge in [-0.25, -0.2) is 4.79 Å². The summed E-state index contributed by atoms with van der Waals surface area (Å²) >= 11 is 0. The van der Waals surface area contributed by atoms with Gasteiger partial charge in [0.25, 0.3) is 5.56 Å². The lowest BCUT2D eigenvalue weighted by Gasteiger charge is -2.09. The second-order valence-corrected chi connectivity index (χ2v) is 4.45. The molecule has 6 heteroatoms. The Morgan fingerprint density at radius 2 is 2.05 bits per heavy atom. The third-order valence-electron chi connectivity index (χ3n) is 3.02. The van der Waals surface area contributed by atoms with Gasteiger partial charge in [-0.05, 0) is 13.8 Å². The summed E-state index contributed by atoms with van der Waals surface area (Å²) < 4.78 is 7.82. The maximum absolute atomic E-state index is 12.1. The summed E-state index contributed by atoms with van der Waals surface area (Å²) in [6, 6.07) is 4.90. The number of pyridine rings is 1. The molecule has 20 heavy (non-hydrogen) atoms. The van der Waals surface area contributed by atoms with Crippen molar-refractivity contribution >= 4 is 0 Å². The van der Waals surface area contributed by atoms with Gasteiger partial charge in [0.1, 0.15) is 5.75 Å². The third-order valence-corrected chi connectivity index (χ3v) is 3.02. The van der Waals surface area contributed by atoms with E-state index in [9.17, 15) is 9.59 Å². The van der Waals surface area contributed by atoms with E-state index in [-0.39, 0.29) is 17.8 Å². The van der Waals surface area contributed by atoms with Crippen LogP contribution in [0.2, 0.25) is 0 Å². The van der Waals surface area contributed by atoms with Crippen molar-refractivity contribution in [3.63, 3.8) is 0 Å². The Morgan fingerprint density at radius 3 is 2.70 bits per heavy atom. The Labute approximate surface area is 116 Å². The average Bonchev–Trinajstić information content (AvgIpc) is 2.43. The summed E-state index contributed by atoms with van der Waals surface area (Å²) in [5.74, 6) is 0.660. The monoisotopic (exact) mass is 275 g/mol. The number of aromatic nitrogens is 3. The molecule has 6 nitrogen and oxygen atoms in total. The smallest absolute Gasteiger partial charge is 0.331 e. The van der Waals surface area contributed by atoms with Crippen molar-refractivity contribution in [3.8, 4) is 5.75 Å². The van der Waals surface area contributed by atoms with E-state index in [1.54, 1.807) is 19.2 Å². The van der Waals surface area contributed by atoms with Crippen LogP contribution in [0.3, 0.4) is 0 Å². The van der Waals surface area contributed by atoms with E-state index < -0.39 is 0 Å². The molecule has 0 aromatic carbocycles. The lowest BCUT2D eigenvalue weighted by atomic mass is 10.3. The molecule has 0 aliphatic carbocycles. The van der Waals surface area contributed by atoms with Crippen molar-refractivity contribution in [1.29, 1.82) is 0 Å². The van der Waals surface area contributed by atoms with Crippen molar-refractivity contribution < 1.29 is 4.74 Å². The molecule has 0 saturated heterocycles. The second-order valence-electron chi connectivity index (χ2n) is 4.45. The Morgan fingerprint density at radius 1 is 1.30 bits per heavy atom. The number of ether oxygens (including phenoxy) is 1. The summed E-state index contributed by atoms with van der Waals surface area (Å²) in [7, 11) is 1.57. The highest BCUT2D eigenvalue weighted by Gasteiger charge is 2.07. The predicted molar refractivity (Wildman–Crippen MR) is 75.3 cm³/mol. The zero-order valence-corrected chi connectivity index (χ0v) is 11.8. The number of hydrogen-bond acceptors (Lipinski definition) is 4. The molecule has 2 aromatic heterocycles. The molecule has 0 fully saturated rings. The molecule has 2 rings (SSSR count). The first kappa shape index (κ1) is 14.0. The molecule has 0 radical (unpaired) electrons. The van der Waals surface area contributed by atoms with Crippen LogP contribution in [0.4, 0.5) is 0 Å². The van der Waals surface area contributed by atoms with Gasteiger partial charge in [-0.3, -0.25) is 14.3 Å². The largest absolute Gasteiger partial charge is 0.497 e. The Balaban J connectivity index is 2.47. The van der Waals surface area contributed by atoms with Crippen LogP contribution in [0.1, 0.15) is 18.3 Å². The molecular weight excluding hydrogens is 258 g/mol. The van der Waals surface area contributed by atoms with Crippen LogP contribution in [0.15, 0.2) is 34.0 Å². The highest BCUT2D eigenvalue weighted by Crippen LogP contribution is 2.13. The molecule has 0 atom stereocenters. The lowest BCUT2D eigenvalue weighted by molar-refractivity contribution is 0.412. The molecule has 0 unspecified atom stereocenters. The minimum atomic E-state index is -0.332. The van der Waals surface area contributed by atoms with E-state index in [4.69, 9.17) is 4.74 Å². The minimum absolute atomic E-state index is 0.135. The van der Waals surface area contributed by atoms with Crippen LogP contribution < -0.4 is 16.0 Å². The van der Waals surface area contributed by atoms with E-state index in [1.807, 2.05) is 13.8 Å². The molecule has 0 bridgehead atoms. The van der Waals surface area contributed by atoms with Gasteiger partial charge in [-0.15, -0.1) is 0 Å². The molecule has 0 spiro atoms. The van der Waals surface area contributed by atoms with Gasteiger partial charge in [-0.2, -0.15) is 0 Å². The summed E-state index contributed by atoms with van der Waals surface area (Å²) in [5, 5.41) is 0. The van der Waals surface area contributed by atoms with Gasteiger partial charge < -0.3 is 9.30 Å². The Hall–Kier alpha value is -2.37. The maximum Gasteiger partial charge on any atom is 0.331 e. The fourth-order valence-corrected chi connectivity index (χ4v) is 2.01. The first-order valence-corrected chi connectivity index (χ1v) is 6.37. The van der Waals surface area contributed by atoms with Crippen molar-refractivity contribution in [3.05, 3.63) is 56.6 Å². The average molecular weight is 275 g/mol. The fourth-order valence-electron chi connectivity index (χ4n) is 2.01.